The van der Waals surface area contributed by atoms with Gasteiger partial charge in [-0.3, -0.25) is 10.00 Å². The van der Waals surface area contributed by atoms with Gasteiger partial charge >= 0.3 is 12.2 Å². The van der Waals surface area contributed by atoms with Gasteiger partial charge in [-0.2, -0.15) is 18.3 Å². The van der Waals surface area contributed by atoms with E-state index >= 15 is 0 Å². The van der Waals surface area contributed by atoms with Crippen LogP contribution < -0.4 is 10.6 Å². The molecule has 114 valence electrons. The van der Waals surface area contributed by atoms with Crippen LogP contribution in [0.4, 0.5) is 23.8 Å². The number of aryl methyl sites for hydroxylation is 2. The number of hydrogen-bond donors (Lipinski definition) is 2. The maximum absolute atomic E-state index is 12.5. The van der Waals surface area contributed by atoms with E-state index in [1.165, 1.54) is 17.9 Å². The summed E-state index contributed by atoms with van der Waals surface area (Å²) in [5.41, 5.74) is -0.779. The van der Waals surface area contributed by atoms with Gasteiger partial charge in [0.05, 0.1) is 18.4 Å². The first-order valence-corrected chi connectivity index (χ1v) is 5.77. The molecule has 21 heavy (non-hydrogen) atoms. The van der Waals surface area contributed by atoms with Gasteiger partial charge in [0.25, 0.3) is 0 Å². The quantitative estimate of drug-likeness (QED) is 0.881. The number of aromatic nitrogens is 5. The van der Waals surface area contributed by atoms with Crippen LogP contribution in [-0.2, 0) is 26.8 Å². The number of anilines is 1. The highest BCUT2D eigenvalue weighted by Gasteiger charge is 2.34. The molecule has 2 amide bonds. The number of alkyl halides is 3. The number of nitrogens with zero attached hydrogens (tertiary/aromatic N) is 5. The smallest absolute Gasteiger partial charge is 0.332 e. The molecular formula is C10H12F3N7O. The maximum Gasteiger partial charge on any atom is 0.435 e. The second-order valence-electron chi connectivity index (χ2n) is 4.19. The van der Waals surface area contributed by atoms with Gasteiger partial charge in [-0.25, -0.2) is 9.48 Å². The first-order valence-electron chi connectivity index (χ1n) is 5.77. The van der Waals surface area contributed by atoms with Crippen molar-refractivity contribution in [1.82, 2.24) is 30.1 Å². The van der Waals surface area contributed by atoms with Crippen molar-refractivity contribution >= 4 is 11.8 Å². The Kier molecular flexibility index (Phi) is 3.82. The molecule has 0 saturated carbocycles. The summed E-state index contributed by atoms with van der Waals surface area (Å²) in [4.78, 5) is 11.6. The molecule has 2 N–H and O–H groups in total. The van der Waals surface area contributed by atoms with Gasteiger partial charge < -0.3 is 5.32 Å². The van der Waals surface area contributed by atoms with Crippen LogP contribution in [0, 0.1) is 0 Å². The Balaban J connectivity index is 1.95. The largest absolute Gasteiger partial charge is 0.435 e. The number of hydrogen-bond acceptors (Lipinski definition) is 4. The van der Waals surface area contributed by atoms with Crippen LogP contribution in [0.5, 0.6) is 0 Å². The zero-order valence-electron chi connectivity index (χ0n) is 11.1. The number of carbonyl (C=O) groups is 1. The normalized spacial score (nSPS) is 11.5. The third-order valence-electron chi connectivity index (χ3n) is 2.65. The average Bonchev–Trinajstić information content (AvgIpc) is 2.94. The van der Waals surface area contributed by atoms with E-state index in [2.05, 4.69) is 26.0 Å². The highest BCUT2D eigenvalue weighted by atomic mass is 19.4. The Morgan fingerprint density at radius 1 is 1.33 bits per heavy atom. The summed E-state index contributed by atoms with van der Waals surface area (Å²) >= 11 is 0. The Morgan fingerprint density at radius 3 is 2.57 bits per heavy atom. The third kappa shape index (κ3) is 3.49. The van der Waals surface area contributed by atoms with E-state index < -0.39 is 17.9 Å². The number of halogens is 3. The van der Waals surface area contributed by atoms with Gasteiger partial charge in [0, 0.05) is 14.1 Å². The Hall–Kier alpha value is -2.59. The molecule has 0 aliphatic rings. The van der Waals surface area contributed by atoms with Gasteiger partial charge in [-0.05, 0) is 6.07 Å². The van der Waals surface area contributed by atoms with Gasteiger partial charge in [0.15, 0.2) is 11.5 Å². The fourth-order valence-electron chi connectivity index (χ4n) is 1.54. The summed E-state index contributed by atoms with van der Waals surface area (Å²) in [6.07, 6.45) is -3.18. The van der Waals surface area contributed by atoms with Gasteiger partial charge in [0.1, 0.15) is 0 Å². The molecule has 2 aromatic heterocycles. The summed E-state index contributed by atoms with van der Waals surface area (Å²) in [6.45, 7) is -0.101. The zero-order chi connectivity index (χ0) is 15.6. The first kappa shape index (κ1) is 14.8. The standard InChI is InChI=1S/C10H12F3N7O/c1-19-6(3-7(17-19)10(11,12)13)4-14-9(21)16-8-5-15-18-20(8)2/h3,5H,4H2,1-2H3,(H2,14,16,21). The molecule has 2 rings (SSSR count). The molecule has 0 unspecified atom stereocenters. The minimum Gasteiger partial charge on any atom is -0.332 e. The van der Waals surface area contributed by atoms with Gasteiger partial charge in [0.2, 0.25) is 0 Å². The Labute approximate surface area is 116 Å². The van der Waals surface area contributed by atoms with Crippen LogP contribution >= 0.6 is 0 Å². The van der Waals surface area contributed by atoms with Crippen molar-refractivity contribution in [2.24, 2.45) is 14.1 Å². The number of nitrogens with one attached hydrogen (secondary N) is 2. The fraction of sp³-hybridized carbons (Fsp3) is 0.400. The fourth-order valence-corrected chi connectivity index (χ4v) is 1.54. The molecule has 0 aromatic carbocycles. The van der Waals surface area contributed by atoms with Crippen LogP contribution in [0.25, 0.3) is 0 Å². The van der Waals surface area contributed by atoms with E-state index in [1.807, 2.05) is 0 Å². The van der Waals surface area contributed by atoms with Gasteiger partial charge in [-0.1, -0.05) is 5.21 Å². The molecular weight excluding hydrogens is 291 g/mol. The van der Waals surface area contributed by atoms with Crippen LogP contribution in [0.2, 0.25) is 0 Å². The number of rotatable bonds is 3. The van der Waals surface area contributed by atoms with E-state index in [4.69, 9.17) is 0 Å². The minimum absolute atomic E-state index is 0.101. The van der Waals surface area contributed by atoms with E-state index in [1.54, 1.807) is 7.05 Å². The molecule has 2 aromatic rings. The first-order chi connectivity index (χ1) is 9.77. The molecule has 11 heteroatoms. The van der Waals surface area contributed by atoms with Crippen molar-refractivity contribution < 1.29 is 18.0 Å². The maximum atomic E-state index is 12.5. The Morgan fingerprint density at radius 2 is 2.05 bits per heavy atom. The number of urea groups is 1. The highest BCUT2D eigenvalue weighted by molar-refractivity contribution is 5.87. The molecule has 0 aliphatic heterocycles. The Bertz CT molecular complexity index is 645. The summed E-state index contributed by atoms with van der Waals surface area (Å²) in [5.74, 6) is 0.355. The predicted molar refractivity (Wildman–Crippen MR) is 65.1 cm³/mol. The predicted octanol–water partition coefficient (Wildman–Crippen LogP) is 0.889. The van der Waals surface area contributed by atoms with E-state index in [9.17, 15) is 18.0 Å². The van der Waals surface area contributed by atoms with Gasteiger partial charge in [-0.15, -0.1) is 5.10 Å². The van der Waals surface area contributed by atoms with Crippen molar-refractivity contribution in [3.05, 3.63) is 23.7 Å². The van der Waals surface area contributed by atoms with E-state index in [0.29, 0.717) is 5.82 Å². The second-order valence-corrected chi connectivity index (χ2v) is 4.19. The van der Waals surface area contributed by atoms with Crippen molar-refractivity contribution in [2.75, 3.05) is 5.32 Å². The van der Waals surface area contributed by atoms with Crippen molar-refractivity contribution in [3.8, 4) is 0 Å². The lowest BCUT2D eigenvalue weighted by atomic mass is 10.3. The molecule has 0 fully saturated rings. The molecule has 0 saturated heterocycles. The molecule has 0 aliphatic carbocycles. The van der Waals surface area contributed by atoms with E-state index in [-0.39, 0.29) is 12.2 Å². The molecule has 8 nitrogen and oxygen atoms in total. The number of amides is 2. The lowest BCUT2D eigenvalue weighted by Crippen LogP contribution is -2.29. The summed E-state index contributed by atoms with van der Waals surface area (Å²) in [6, 6.07) is 0.293. The van der Waals surface area contributed by atoms with Crippen LogP contribution in [0.3, 0.4) is 0 Å². The molecule has 0 radical (unpaired) electrons. The van der Waals surface area contributed by atoms with Crippen molar-refractivity contribution in [3.63, 3.8) is 0 Å². The SMILES string of the molecule is Cn1nc(C(F)(F)F)cc1CNC(=O)Nc1cnnn1C. The topological polar surface area (TPSA) is 89.7 Å². The van der Waals surface area contributed by atoms with Crippen molar-refractivity contribution in [1.29, 1.82) is 0 Å². The van der Waals surface area contributed by atoms with Crippen LogP contribution in [-0.4, -0.2) is 30.8 Å². The monoisotopic (exact) mass is 303 g/mol. The number of carbonyl (C=O) groups excluding carboxylic acids is 1. The van der Waals surface area contributed by atoms with Crippen LogP contribution in [0.15, 0.2) is 12.3 Å². The molecule has 2 heterocycles. The third-order valence-corrected chi connectivity index (χ3v) is 2.65. The molecule has 0 atom stereocenters. The molecule has 0 spiro atoms. The highest BCUT2D eigenvalue weighted by Crippen LogP contribution is 2.28. The van der Waals surface area contributed by atoms with Crippen LogP contribution in [0.1, 0.15) is 11.4 Å². The summed E-state index contributed by atoms with van der Waals surface area (Å²) in [5, 5.41) is 15.4. The minimum atomic E-state index is -4.52. The second kappa shape index (κ2) is 5.42. The van der Waals surface area contributed by atoms with E-state index in [0.717, 1.165) is 10.7 Å². The molecule has 0 bridgehead atoms. The average molecular weight is 303 g/mol. The lowest BCUT2D eigenvalue weighted by Gasteiger charge is -2.06. The lowest BCUT2D eigenvalue weighted by molar-refractivity contribution is -0.141. The summed E-state index contributed by atoms with van der Waals surface area (Å²) < 4.78 is 39.9. The zero-order valence-corrected chi connectivity index (χ0v) is 11.1. The van der Waals surface area contributed by atoms with Crippen molar-refractivity contribution in [2.45, 2.75) is 12.7 Å². The summed E-state index contributed by atoms with van der Waals surface area (Å²) in [7, 11) is 2.95.